The van der Waals surface area contributed by atoms with E-state index in [1.165, 1.54) is 25.7 Å². The number of carbonyl (C=O) groups is 11. The van der Waals surface area contributed by atoms with Gasteiger partial charge in [-0.15, -0.1) is 0 Å². The maximum Gasteiger partial charge on any atom is 0.326 e. The standard InChI is InChI=1S/C56H90N6O15/c57-53(73)46(60-37-49(68)56(30-18-31-56)35-45(66)27-25-42-36-58-39-61-42)19-15-16-32-59-50(69)22-17-20-48(67)41(38-63)34-43(64)26-24-40(54(74)75)33-44(65)28-29-47(55(76)77)62-51(70)21-13-11-9-7-5-3-1-2-4-6-8-10-12-14-23-52(71)72/h36,39-41,46-47,60,63H,1-35,37-38H2,(H2,57,73)(H,58,61)(H,59,69)(H,62,70)(H,71,72)(H,74,75)(H,76,77)/t40-,41+,46+,47+/m1/s1. The quantitative estimate of drug-likeness (QED) is 0.0328. The number of carbonyl (C=O) groups excluding carboxylic acids is 8. The maximum absolute atomic E-state index is 13.2. The van der Waals surface area contributed by atoms with Crippen molar-refractivity contribution in [2.24, 2.45) is 23.0 Å². The lowest BCUT2D eigenvalue weighted by atomic mass is 9.63. The fourth-order valence-corrected chi connectivity index (χ4v) is 9.68. The molecule has 0 aromatic carbocycles. The monoisotopic (exact) mass is 1090 g/mol. The second kappa shape index (κ2) is 39.6. The molecule has 21 heteroatoms. The number of unbranched alkanes of at least 4 members (excludes halogenated alkanes) is 14. The first-order chi connectivity index (χ1) is 36.8. The zero-order valence-corrected chi connectivity index (χ0v) is 45.4. The van der Waals surface area contributed by atoms with Crippen molar-refractivity contribution in [3.05, 3.63) is 18.2 Å². The lowest BCUT2D eigenvalue weighted by molar-refractivity contribution is -0.145. The molecule has 21 nitrogen and oxygen atoms in total. The van der Waals surface area contributed by atoms with Gasteiger partial charge in [0.2, 0.25) is 17.7 Å². The Bertz CT molecular complexity index is 2010. The van der Waals surface area contributed by atoms with E-state index in [0.717, 1.165) is 69.9 Å². The van der Waals surface area contributed by atoms with Crippen LogP contribution in [-0.2, 0) is 59.2 Å². The number of nitrogens with two attached hydrogens (primary N) is 1. The van der Waals surface area contributed by atoms with Crippen LogP contribution in [0.3, 0.4) is 0 Å². The highest BCUT2D eigenvalue weighted by atomic mass is 16.4. The third-order valence-electron chi connectivity index (χ3n) is 14.7. The molecule has 0 bridgehead atoms. The number of ketones is 5. The highest BCUT2D eigenvalue weighted by Crippen LogP contribution is 2.45. The van der Waals surface area contributed by atoms with Crippen LogP contribution in [0.5, 0.6) is 0 Å². The van der Waals surface area contributed by atoms with Crippen molar-refractivity contribution in [1.29, 1.82) is 0 Å². The fraction of sp³-hybridized carbons (Fsp3) is 0.750. The van der Waals surface area contributed by atoms with Gasteiger partial charge < -0.3 is 41.8 Å². The Hall–Kier alpha value is -5.70. The number of hydrogen-bond acceptors (Lipinski definition) is 14. The van der Waals surface area contributed by atoms with Gasteiger partial charge in [0.15, 0.2) is 5.78 Å². The smallest absolute Gasteiger partial charge is 0.326 e. The van der Waals surface area contributed by atoms with E-state index in [2.05, 4.69) is 25.9 Å². The number of rotatable bonds is 51. The Balaban J connectivity index is 1.58. The molecule has 1 fully saturated rings. The average molecular weight is 1090 g/mol. The van der Waals surface area contributed by atoms with Gasteiger partial charge in [-0.25, -0.2) is 9.78 Å². The highest BCUT2D eigenvalue weighted by molar-refractivity contribution is 5.93. The molecular formula is C56H90N6O15. The largest absolute Gasteiger partial charge is 0.481 e. The molecule has 434 valence electrons. The fourth-order valence-electron chi connectivity index (χ4n) is 9.68. The number of amides is 3. The normalized spacial score (nSPS) is 14.3. The van der Waals surface area contributed by atoms with E-state index in [1.807, 2.05) is 0 Å². The molecule has 0 spiro atoms. The number of H-pyrrole nitrogens is 1. The second-order valence-corrected chi connectivity index (χ2v) is 21.1. The molecule has 3 amide bonds. The molecule has 10 N–H and O–H groups in total. The molecule has 0 unspecified atom stereocenters. The molecule has 1 aromatic rings. The molecule has 4 atom stereocenters. The highest BCUT2D eigenvalue weighted by Gasteiger charge is 2.45. The topological polar surface area (TPSA) is 359 Å². The van der Waals surface area contributed by atoms with Gasteiger partial charge >= 0.3 is 17.9 Å². The van der Waals surface area contributed by atoms with E-state index in [9.17, 15) is 68.1 Å². The van der Waals surface area contributed by atoms with E-state index in [-0.39, 0.29) is 101 Å². The summed E-state index contributed by atoms with van der Waals surface area (Å²) in [5.74, 6) is -8.66. The predicted molar refractivity (Wildman–Crippen MR) is 285 cm³/mol. The lowest BCUT2D eigenvalue weighted by Crippen LogP contribution is -2.49. The summed E-state index contributed by atoms with van der Waals surface area (Å²) < 4.78 is 0. The van der Waals surface area contributed by atoms with Crippen LogP contribution in [0.4, 0.5) is 0 Å². The third-order valence-corrected chi connectivity index (χ3v) is 14.7. The van der Waals surface area contributed by atoms with E-state index < -0.39 is 89.4 Å². The van der Waals surface area contributed by atoms with E-state index in [0.29, 0.717) is 51.4 Å². The number of Topliss-reactive ketones (excluding diaryl/α,β-unsaturated/α-hetero) is 5. The van der Waals surface area contributed by atoms with Gasteiger partial charge in [0.1, 0.15) is 29.2 Å². The van der Waals surface area contributed by atoms with Crippen molar-refractivity contribution in [2.45, 2.75) is 230 Å². The molecule has 1 heterocycles. The predicted octanol–water partition coefficient (Wildman–Crippen LogP) is 6.19. The summed E-state index contributed by atoms with van der Waals surface area (Å²) in [5.41, 5.74) is 5.72. The van der Waals surface area contributed by atoms with Gasteiger partial charge in [-0.2, -0.15) is 0 Å². The number of hydrogen-bond donors (Lipinski definition) is 9. The Kier molecular flexibility index (Phi) is 34.7. The average Bonchev–Trinajstić information content (AvgIpc) is 3.90. The molecule has 2 rings (SSSR count). The first-order valence-corrected chi connectivity index (χ1v) is 28.3. The SMILES string of the molecule is NC(=O)[C@H](CCCCNC(=O)CCCC(=O)[C@H](CO)CC(=O)CC[C@H](CC(=O)CC[C@H](NC(=O)CCCCCCCCCCCCCCCCC(=O)O)C(=O)O)C(=O)O)NCC(=O)C1(CC(=O)CCc2cnc[nH]2)CCC1. The number of primary amides is 1. The van der Waals surface area contributed by atoms with Crippen LogP contribution in [0.25, 0.3) is 0 Å². The lowest BCUT2D eigenvalue weighted by Gasteiger charge is -2.40. The van der Waals surface area contributed by atoms with Crippen molar-refractivity contribution in [1.82, 2.24) is 25.9 Å². The summed E-state index contributed by atoms with van der Waals surface area (Å²) in [5, 5.41) is 46.2. The van der Waals surface area contributed by atoms with Crippen LogP contribution >= 0.6 is 0 Å². The van der Waals surface area contributed by atoms with Crippen LogP contribution in [0.2, 0.25) is 0 Å². The molecule has 0 radical (unpaired) electrons. The number of aliphatic hydroxyl groups is 1. The van der Waals surface area contributed by atoms with Crippen LogP contribution in [0.15, 0.2) is 12.5 Å². The summed E-state index contributed by atoms with van der Waals surface area (Å²) in [4.78, 5) is 143. The minimum Gasteiger partial charge on any atom is -0.481 e. The minimum absolute atomic E-state index is 0.00163. The Morgan fingerprint density at radius 1 is 0.597 bits per heavy atom. The Morgan fingerprint density at radius 3 is 1.69 bits per heavy atom. The number of aliphatic hydroxyl groups excluding tert-OH is 1. The summed E-state index contributed by atoms with van der Waals surface area (Å²) in [6, 6.07) is -2.10. The van der Waals surface area contributed by atoms with E-state index >= 15 is 0 Å². The molecule has 1 saturated carbocycles. The van der Waals surface area contributed by atoms with Crippen molar-refractivity contribution in [3.63, 3.8) is 0 Å². The van der Waals surface area contributed by atoms with Crippen molar-refractivity contribution < 1.29 is 73.2 Å². The Labute approximate surface area is 453 Å². The molecular weight excluding hydrogens is 997 g/mol. The summed E-state index contributed by atoms with van der Waals surface area (Å²) in [6.45, 7) is -0.439. The molecule has 1 aliphatic carbocycles. The number of aryl methyl sites for hydroxylation is 1. The van der Waals surface area contributed by atoms with E-state index in [4.69, 9.17) is 10.8 Å². The maximum atomic E-state index is 13.2. The third kappa shape index (κ3) is 30.7. The number of carboxylic acid groups (broad SMARTS) is 3. The van der Waals surface area contributed by atoms with Gasteiger partial charge in [0.05, 0.1) is 31.4 Å². The molecule has 77 heavy (non-hydrogen) atoms. The number of aliphatic carboxylic acids is 3. The van der Waals surface area contributed by atoms with Gasteiger partial charge in [-0.3, -0.25) is 53.3 Å². The van der Waals surface area contributed by atoms with Crippen molar-refractivity contribution in [3.8, 4) is 0 Å². The van der Waals surface area contributed by atoms with Crippen LogP contribution in [0.1, 0.15) is 218 Å². The first kappa shape index (κ1) is 67.4. The minimum atomic E-state index is -1.33. The molecule has 1 aliphatic rings. The van der Waals surface area contributed by atoms with Gasteiger partial charge in [-0.1, -0.05) is 83.5 Å². The van der Waals surface area contributed by atoms with Crippen LogP contribution in [0, 0.1) is 17.3 Å². The number of carboxylic acids is 3. The zero-order valence-electron chi connectivity index (χ0n) is 45.4. The summed E-state index contributed by atoms with van der Waals surface area (Å²) >= 11 is 0. The molecule has 1 aromatic heterocycles. The number of aromatic nitrogens is 2. The summed E-state index contributed by atoms with van der Waals surface area (Å²) in [7, 11) is 0. The summed E-state index contributed by atoms with van der Waals surface area (Å²) in [6.07, 6.45) is 20.5. The zero-order chi connectivity index (χ0) is 56.9. The number of aromatic amines is 1. The second-order valence-electron chi connectivity index (χ2n) is 21.1. The van der Waals surface area contributed by atoms with Crippen molar-refractivity contribution >= 4 is 64.5 Å². The van der Waals surface area contributed by atoms with Crippen molar-refractivity contribution in [2.75, 3.05) is 19.7 Å². The van der Waals surface area contributed by atoms with Gasteiger partial charge in [0, 0.05) is 94.0 Å². The van der Waals surface area contributed by atoms with Crippen LogP contribution in [-0.4, -0.2) is 127 Å². The first-order valence-electron chi connectivity index (χ1n) is 28.3. The van der Waals surface area contributed by atoms with Crippen LogP contribution < -0.4 is 21.7 Å². The van der Waals surface area contributed by atoms with Gasteiger partial charge in [0.25, 0.3) is 0 Å². The molecule has 0 saturated heterocycles. The van der Waals surface area contributed by atoms with E-state index in [1.54, 1.807) is 12.5 Å². The number of nitrogens with zero attached hydrogens (tertiary/aromatic N) is 1. The Morgan fingerprint density at radius 2 is 1.17 bits per heavy atom. The number of imidazole rings is 1. The number of nitrogens with one attached hydrogen (secondary N) is 4. The van der Waals surface area contributed by atoms with Gasteiger partial charge in [-0.05, 0) is 70.6 Å². The molecule has 0 aliphatic heterocycles.